The summed E-state index contributed by atoms with van der Waals surface area (Å²) in [5.41, 5.74) is 2.56. The molecule has 1 aliphatic heterocycles. The summed E-state index contributed by atoms with van der Waals surface area (Å²) in [4.78, 5) is 21.3. The average molecular weight is 392 g/mol. The molecule has 2 aromatic carbocycles. The lowest BCUT2D eigenvalue weighted by molar-refractivity contribution is 0.102. The standard InChI is InChI=1S/C21H20N4O4/c1-13-15(20(26)25-16-5-3-4-6-17(16)27-2)11-23-21(24-13)22-10-14-7-8-18-19(9-14)29-12-28-18/h3-9,11H,10,12H2,1-2H3,(H,25,26)(H,22,23,24). The molecule has 1 aromatic heterocycles. The van der Waals surface area contributed by atoms with E-state index in [9.17, 15) is 4.79 Å². The van der Waals surface area contributed by atoms with Crippen LogP contribution in [0.4, 0.5) is 11.6 Å². The Balaban J connectivity index is 1.43. The molecule has 0 saturated heterocycles. The van der Waals surface area contributed by atoms with Gasteiger partial charge in [0.05, 0.1) is 24.1 Å². The van der Waals surface area contributed by atoms with Gasteiger partial charge in [0.1, 0.15) is 5.75 Å². The molecule has 0 atom stereocenters. The number of aryl methyl sites for hydroxylation is 1. The lowest BCUT2D eigenvalue weighted by Gasteiger charge is -2.11. The summed E-state index contributed by atoms with van der Waals surface area (Å²) < 4.78 is 16.0. The van der Waals surface area contributed by atoms with E-state index in [1.54, 1.807) is 26.2 Å². The van der Waals surface area contributed by atoms with Gasteiger partial charge in [-0.25, -0.2) is 9.97 Å². The topological polar surface area (TPSA) is 94.6 Å². The third kappa shape index (κ3) is 4.06. The molecule has 2 heterocycles. The molecule has 2 N–H and O–H groups in total. The predicted molar refractivity (Wildman–Crippen MR) is 108 cm³/mol. The Bertz CT molecular complexity index is 1050. The molecular formula is C21H20N4O4. The molecule has 0 aliphatic carbocycles. The largest absolute Gasteiger partial charge is 0.495 e. The van der Waals surface area contributed by atoms with Gasteiger partial charge in [0.25, 0.3) is 5.91 Å². The van der Waals surface area contributed by atoms with Crippen molar-refractivity contribution in [1.82, 2.24) is 9.97 Å². The van der Waals surface area contributed by atoms with E-state index in [-0.39, 0.29) is 12.7 Å². The zero-order valence-corrected chi connectivity index (χ0v) is 16.1. The van der Waals surface area contributed by atoms with Crippen LogP contribution in [-0.2, 0) is 6.54 Å². The highest BCUT2D eigenvalue weighted by molar-refractivity contribution is 6.05. The van der Waals surface area contributed by atoms with Gasteiger partial charge in [-0.2, -0.15) is 0 Å². The summed E-state index contributed by atoms with van der Waals surface area (Å²) in [5.74, 6) is 2.20. The Morgan fingerprint density at radius 2 is 2.00 bits per heavy atom. The van der Waals surface area contributed by atoms with Crippen LogP contribution < -0.4 is 24.8 Å². The summed E-state index contributed by atoms with van der Waals surface area (Å²) in [5, 5.41) is 5.99. The third-order valence-electron chi connectivity index (χ3n) is 4.47. The van der Waals surface area contributed by atoms with Gasteiger partial charge in [-0.1, -0.05) is 18.2 Å². The minimum atomic E-state index is -0.297. The number of hydrogen-bond donors (Lipinski definition) is 2. The number of fused-ring (bicyclic) bond motifs is 1. The molecule has 0 fully saturated rings. The van der Waals surface area contributed by atoms with Crippen LogP contribution in [0.3, 0.4) is 0 Å². The van der Waals surface area contributed by atoms with Crippen LogP contribution in [0.2, 0.25) is 0 Å². The first-order valence-electron chi connectivity index (χ1n) is 9.04. The highest BCUT2D eigenvalue weighted by atomic mass is 16.7. The minimum absolute atomic E-state index is 0.243. The van der Waals surface area contributed by atoms with Crippen molar-refractivity contribution in [2.24, 2.45) is 0 Å². The van der Waals surface area contributed by atoms with E-state index in [1.807, 2.05) is 30.3 Å². The monoisotopic (exact) mass is 392 g/mol. The maximum Gasteiger partial charge on any atom is 0.259 e. The van der Waals surface area contributed by atoms with Crippen LogP contribution >= 0.6 is 0 Å². The SMILES string of the molecule is COc1ccccc1NC(=O)c1cnc(NCc2ccc3c(c2)OCO3)nc1C. The van der Waals surface area contributed by atoms with E-state index in [4.69, 9.17) is 14.2 Å². The van der Waals surface area contributed by atoms with Gasteiger partial charge >= 0.3 is 0 Å². The number of nitrogens with one attached hydrogen (secondary N) is 2. The van der Waals surface area contributed by atoms with Crippen molar-refractivity contribution in [2.75, 3.05) is 24.5 Å². The second-order valence-corrected chi connectivity index (χ2v) is 6.39. The summed E-state index contributed by atoms with van der Waals surface area (Å²) in [6, 6.07) is 12.9. The lowest BCUT2D eigenvalue weighted by atomic mass is 10.2. The van der Waals surface area contributed by atoms with Crippen LogP contribution in [-0.4, -0.2) is 29.8 Å². The van der Waals surface area contributed by atoms with E-state index in [1.165, 1.54) is 6.20 Å². The number of para-hydroxylation sites is 2. The van der Waals surface area contributed by atoms with Gasteiger partial charge in [0.15, 0.2) is 11.5 Å². The molecule has 8 nitrogen and oxygen atoms in total. The molecule has 0 bridgehead atoms. The van der Waals surface area contributed by atoms with Gasteiger partial charge in [-0.15, -0.1) is 0 Å². The molecular weight excluding hydrogens is 372 g/mol. The molecule has 0 unspecified atom stereocenters. The normalized spacial score (nSPS) is 11.8. The van der Waals surface area contributed by atoms with Gasteiger partial charge < -0.3 is 24.8 Å². The first-order chi connectivity index (χ1) is 14.1. The molecule has 0 radical (unpaired) electrons. The minimum Gasteiger partial charge on any atom is -0.495 e. The lowest BCUT2D eigenvalue weighted by Crippen LogP contribution is -2.16. The van der Waals surface area contributed by atoms with E-state index in [2.05, 4.69) is 20.6 Å². The molecule has 4 rings (SSSR count). The number of carbonyl (C=O) groups excluding carboxylic acids is 1. The Labute approximate surface area is 167 Å². The summed E-state index contributed by atoms with van der Waals surface area (Å²) >= 11 is 0. The van der Waals surface area contributed by atoms with E-state index >= 15 is 0 Å². The second-order valence-electron chi connectivity index (χ2n) is 6.39. The summed E-state index contributed by atoms with van der Waals surface area (Å²) in [7, 11) is 1.56. The highest BCUT2D eigenvalue weighted by Crippen LogP contribution is 2.32. The second kappa shape index (κ2) is 8.05. The summed E-state index contributed by atoms with van der Waals surface area (Å²) in [6.07, 6.45) is 1.51. The van der Waals surface area contributed by atoms with Crippen LogP contribution in [0.1, 0.15) is 21.6 Å². The number of anilines is 2. The van der Waals surface area contributed by atoms with Crippen LogP contribution in [0, 0.1) is 6.92 Å². The quantitative estimate of drug-likeness (QED) is 0.664. The fourth-order valence-electron chi connectivity index (χ4n) is 2.94. The van der Waals surface area contributed by atoms with Crippen molar-refractivity contribution in [1.29, 1.82) is 0 Å². The third-order valence-corrected chi connectivity index (χ3v) is 4.47. The molecule has 1 aliphatic rings. The van der Waals surface area contributed by atoms with Gasteiger partial charge in [0.2, 0.25) is 12.7 Å². The molecule has 0 saturated carbocycles. The highest BCUT2D eigenvalue weighted by Gasteiger charge is 2.15. The van der Waals surface area contributed by atoms with Crippen LogP contribution in [0.25, 0.3) is 0 Å². The van der Waals surface area contributed by atoms with Crippen molar-refractivity contribution in [2.45, 2.75) is 13.5 Å². The smallest absolute Gasteiger partial charge is 0.259 e. The Morgan fingerprint density at radius 3 is 2.83 bits per heavy atom. The summed E-state index contributed by atoms with van der Waals surface area (Å²) in [6.45, 7) is 2.53. The maximum absolute atomic E-state index is 12.6. The molecule has 29 heavy (non-hydrogen) atoms. The van der Waals surface area contributed by atoms with Gasteiger partial charge in [-0.05, 0) is 36.8 Å². The van der Waals surface area contributed by atoms with E-state index < -0.39 is 0 Å². The first kappa shape index (κ1) is 18.5. The Kier molecular flexibility index (Phi) is 5.15. The molecule has 3 aromatic rings. The van der Waals surface area contributed by atoms with Crippen molar-refractivity contribution >= 4 is 17.5 Å². The van der Waals surface area contributed by atoms with Crippen molar-refractivity contribution < 1.29 is 19.0 Å². The van der Waals surface area contributed by atoms with Crippen molar-refractivity contribution in [3.05, 3.63) is 65.5 Å². The molecule has 0 spiro atoms. The first-order valence-corrected chi connectivity index (χ1v) is 9.04. The number of ether oxygens (including phenoxy) is 3. The predicted octanol–water partition coefficient (Wildman–Crippen LogP) is 3.39. The molecule has 8 heteroatoms. The fourth-order valence-corrected chi connectivity index (χ4v) is 2.94. The van der Waals surface area contributed by atoms with Crippen molar-refractivity contribution in [3.8, 4) is 17.2 Å². The number of amides is 1. The number of aromatic nitrogens is 2. The zero-order chi connectivity index (χ0) is 20.2. The number of nitrogens with zero attached hydrogens (tertiary/aromatic N) is 2. The van der Waals surface area contributed by atoms with Crippen LogP contribution in [0.15, 0.2) is 48.7 Å². The number of methoxy groups -OCH3 is 1. The van der Waals surface area contributed by atoms with E-state index in [0.29, 0.717) is 35.2 Å². The molecule has 1 amide bonds. The number of rotatable bonds is 6. The number of carbonyl (C=O) groups is 1. The van der Waals surface area contributed by atoms with Gasteiger partial charge in [0, 0.05) is 12.7 Å². The zero-order valence-electron chi connectivity index (χ0n) is 16.1. The Hall–Kier alpha value is -3.81. The van der Waals surface area contributed by atoms with Gasteiger partial charge in [-0.3, -0.25) is 4.79 Å². The number of hydrogen-bond acceptors (Lipinski definition) is 7. The Morgan fingerprint density at radius 1 is 1.17 bits per heavy atom. The van der Waals surface area contributed by atoms with Crippen molar-refractivity contribution in [3.63, 3.8) is 0 Å². The average Bonchev–Trinajstić information content (AvgIpc) is 3.20. The van der Waals surface area contributed by atoms with E-state index in [0.717, 1.165) is 17.1 Å². The maximum atomic E-state index is 12.6. The number of benzene rings is 2. The fraction of sp³-hybridized carbons (Fsp3) is 0.190. The molecule has 148 valence electrons. The van der Waals surface area contributed by atoms with Crippen LogP contribution in [0.5, 0.6) is 17.2 Å².